The van der Waals surface area contributed by atoms with E-state index in [2.05, 4.69) is 25.6 Å². The van der Waals surface area contributed by atoms with Crippen molar-refractivity contribution in [1.29, 1.82) is 0 Å². The van der Waals surface area contributed by atoms with E-state index in [-0.39, 0.29) is 0 Å². The Morgan fingerprint density at radius 2 is 2.17 bits per heavy atom. The number of ether oxygens (including phenoxy) is 2. The molecule has 2 fully saturated rings. The highest BCUT2D eigenvalue weighted by Crippen LogP contribution is 2.27. The molecular weight excluding hydrogens is 312 g/mol. The van der Waals surface area contributed by atoms with Crippen LogP contribution in [-0.4, -0.2) is 67.0 Å². The Morgan fingerprint density at radius 1 is 1.26 bits per heavy atom. The number of fused-ring (bicyclic) bond motifs is 1. The molecule has 0 amide bonds. The van der Waals surface area contributed by atoms with Gasteiger partial charge in [0.25, 0.3) is 0 Å². The Labute approximate surface area is 139 Å². The average Bonchev–Trinajstić information content (AvgIpc) is 3.28. The first-order chi connectivity index (χ1) is 11.4. The lowest BCUT2D eigenvalue weighted by molar-refractivity contribution is 0.00460. The van der Waals surface area contributed by atoms with Gasteiger partial charge >= 0.3 is 0 Å². The molecule has 2 atom stereocenters. The van der Waals surface area contributed by atoms with E-state index >= 15 is 0 Å². The first-order valence-electron chi connectivity index (χ1n) is 8.23. The Hall–Kier alpha value is -1.28. The second-order valence-electron chi connectivity index (χ2n) is 6.08. The highest BCUT2D eigenvalue weighted by atomic mass is 32.1. The van der Waals surface area contributed by atoms with Gasteiger partial charge in [0, 0.05) is 38.2 Å². The lowest BCUT2D eigenvalue weighted by atomic mass is 9.97. The minimum absolute atomic E-state index is 0.464. The molecule has 2 aliphatic rings. The highest BCUT2D eigenvalue weighted by Gasteiger charge is 2.31. The summed E-state index contributed by atoms with van der Waals surface area (Å²) in [5.41, 5.74) is 1.01. The summed E-state index contributed by atoms with van der Waals surface area (Å²) in [6.45, 7) is 6.29. The van der Waals surface area contributed by atoms with Gasteiger partial charge in [0.1, 0.15) is 12.1 Å². The summed E-state index contributed by atoms with van der Waals surface area (Å²) < 4.78 is 12.3. The minimum Gasteiger partial charge on any atom is -0.381 e. The van der Waals surface area contributed by atoms with Gasteiger partial charge in [-0.3, -0.25) is 4.90 Å². The van der Waals surface area contributed by atoms with Gasteiger partial charge in [-0.2, -0.15) is 0 Å². The average molecular weight is 334 g/mol. The van der Waals surface area contributed by atoms with Crippen molar-refractivity contribution in [1.82, 2.24) is 14.9 Å². The molecule has 0 bridgehead atoms. The molecule has 0 radical (unpaired) electrons. The summed E-state index contributed by atoms with van der Waals surface area (Å²) in [7, 11) is 0. The fraction of sp³-hybridized carbons (Fsp3) is 0.625. The van der Waals surface area contributed by atoms with Crippen LogP contribution in [0, 0.1) is 5.92 Å². The maximum absolute atomic E-state index is 5.63. The second kappa shape index (κ2) is 7.09. The van der Waals surface area contributed by atoms with E-state index in [0.29, 0.717) is 12.0 Å². The summed E-state index contributed by atoms with van der Waals surface area (Å²) in [6.07, 6.45) is 2.78. The number of thiophene rings is 1. The fourth-order valence-electron chi connectivity index (χ4n) is 3.48. The van der Waals surface area contributed by atoms with Crippen LogP contribution in [-0.2, 0) is 9.47 Å². The van der Waals surface area contributed by atoms with Crippen LogP contribution in [0.15, 0.2) is 17.8 Å². The van der Waals surface area contributed by atoms with E-state index in [1.807, 2.05) is 6.07 Å². The van der Waals surface area contributed by atoms with Crippen molar-refractivity contribution in [3.8, 4) is 0 Å². The zero-order valence-electron chi connectivity index (χ0n) is 13.1. The minimum atomic E-state index is 0.464. The molecule has 1 N–H and O–H groups in total. The quantitative estimate of drug-likeness (QED) is 0.900. The zero-order chi connectivity index (χ0) is 15.5. The lowest BCUT2D eigenvalue weighted by Gasteiger charge is -2.37. The van der Waals surface area contributed by atoms with Gasteiger partial charge in [0.2, 0.25) is 0 Å². The van der Waals surface area contributed by atoms with E-state index < -0.39 is 0 Å². The number of morpholine rings is 1. The molecule has 0 saturated carbocycles. The molecular formula is C16H22N4O2S. The molecule has 2 aromatic rings. The molecule has 2 saturated heterocycles. The predicted octanol–water partition coefficient (Wildman–Crippen LogP) is 1.84. The van der Waals surface area contributed by atoms with Crippen LogP contribution in [0.1, 0.15) is 6.42 Å². The van der Waals surface area contributed by atoms with E-state index in [0.717, 1.165) is 68.5 Å². The van der Waals surface area contributed by atoms with Crippen LogP contribution in [0.2, 0.25) is 0 Å². The van der Waals surface area contributed by atoms with Crippen LogP contribution in [0.4, 0.5) is 5.82 Å². The van der Waals surface area contributed by atoms with Gasteiger partial charge in [-0.05, 0) is 17.9 Å². The highest BCUT2D eigenvalue weighted by molar-refractivity contribution is 7.17. The Balaban J connectivity index is 1.49. The summed E-state index contributed by atoms with van der Waals surface area (Å²) in [5, 5.41) is 5.63. The first kappa shape index (κ1) is 15.3. The normalized spacial score (nSPS) is 24.1. The van der Waals surface area contributed by atoms with Gasteiger partial charge in [0.05, 0.1) is 30.0 Å². The number of hydrogen-bond donors (Lipinski definition) is 1. The largest absolute Gasteiger partial charge is 0.381 e. The van der Waals surface area contributed by atoms with Crippen molar-refractivity contribution in [3.05, 3.63) is 17.8 Å². The van der Waals surface area contributed by atoms with Crippen LogP contribution in [0.5, 0.6) is 0 Å². The monoisotopic (exact) mass is 334 g/mol. The first-order valence-corrected chi connectivity index (χ1v) is 9.11. The van der Waals surface area contributed by atoms with Gasteiger partial charge in [-0.1, -0.05) is 0 Å². The molecule has 0 unspecified atom stereocenters. The molecule has 124 valence electrons. The summed E-state index contributed by atoms with van der Waals surface area (Å²) in [4.78, 5) is 11.3. The molecule has 6 nitrogen and oxygen atoms in total. The third kappa shape index (κ3) is 3.33. The SMILES string of the molecule is c1nc(NC[C@@H]([C@H]2CCOC2)N2CCOCC2)c2sccc2n1. The number of aromatic nitrogens is 2. The van der Waals surface area contributed by atoms with Crippen LogP contribution >= 0.6 is 11.3 Å². The van der Waals surface area contributed by atoms with Crippen LogP contribution in [0.3, 0.4) is 0 Å². The summed E-state index contributed by atoms with van der Waals surface area (Å²) >= 11 is 1.69. The molecule has 0 aromatic carbocycles. The Kier molecular flexibility index (Phi) is 4.70. The number of rotatable bonds is 5. The maximum atomic E-state index is 5.63. The van der Waals surface area contributed by atoms with Crippen molar-refractivity contribution in [2.75, 3.05) is 51.4 Å². The molecule has 0 aliphatic carbocycles. The smallest absolute Gasteiger partial charge is 0.147 e. The fourth-order valence-corrected chi connectivity index (χ4v) is 4.29. The van der Waals surface area contributed by atoms with Crippen molar-refractivity contribution in [2.45, 2.75) is 12.5 Å². The third-order valence-electron chi connectivity index (χ3n) is 4.75. The molecule has 2 aliphatic heterocycles. The van der Waals surface area contributed by atoms with E-state index in [9.17, 15) is 0 Å². The number of nitrogens with zero attached hydrogens (tertiary/aromatic N) is 3. The van der Waals surface area contributed by atoms with Crippen molar-refractivity contribution >= 4 is 27.4 Å². The van der Waals surface area contributed by atoms with Gasteiger partial charge in [-0.25, -0.2) is 9.97 Å². The molecule has 23 heavy (non-hydrogen) atoms. The zero-order valence-corrected chi connectivity index (χ0v) is 13.9. The van der Waals surface area contributed by atoms with Crippen molar-refractivity contribution in [2.24, 2.45) is 5.92 Å². The van der Waals surface area contributed by atoms with Crippen molar-refractivity contribution in [3.63, 3.8) is 0 Å². The van der Waals surface area contributed by atoms with Gasteiger partial charge in [0.15, 0.2) is 0 Å². The number of hydrogen-bond acceptors (Lipinski definition) is 7. The molecule has 0 spiro atoms. The number of anilines is 1. The molecule has 2 aromatic heterocycles. The topological polar surface area (TPSA) is 59.5 Å². The van der Waals surface area contributed by atoms with E-state index in [1.165, 1.54) is 0 Å². The molecule has 4 rings (SSSR count). The number of nitrogens with one attached hydrogen (secondary N) is 1. The van der Waals surface area contributed by atoms with Crippen molar-refractivity contribution < 1.29 is 9.47 Å². The maximum Gasteiger partial charge on any atom is 0.147 e. The lowest BCUT2D eigenvalue weighted by Crippen LogP contribution is -2.50. The Morgan fingerprint density at radius 3 is 3.00 bits per heavy atom. The third-order valence-corrected chi connectivity index (χ3v) is 5.66. The van der Waals surface area contributed by atoms with Crippen LogP contribution < -0.4 is 5.32 Å². The predicted molar refractivity (Wildman–Crippen MR) is 91.0 cm³/mol. The van der Waals surface area contributed by atoms with Gasteiger partial charge in [-0.15, -0.1) is 11.3 Å². The summed E-state index contributed by atoms with van der Waals surface area (Å²) in [5.74, 6) is 1.53. The van der Waals surface area contributed by atoms with Crippen LogP contribution in [0.25, 0.3) is 10.2 Å². The summed E-state index contributed by atoms with van der Waals surface area (Å²) in [6, 6.07) is 2.50. The molecule has 7 heteroatoms. The Bertz CT molecular complexity index is 638. The second-order valence-corrected chi connectivity index (χ2v) is 6.99. The van der Waals surface area contributed by atoms with E-state index in [1.54, 1.807) is 17.7 Å². The molecule has 4 heterocycles. The standard InChI is InChI=1S/C16H22N4O2S/c1-5-22-10-12(1)14(20-3-6-21-7-4-20)9-17-16-15-13(2-8-23-15)18-11-19-16/h2,8,11-12,14H,1,3-7,9-10H2,(H,17,18,19)/t12-,14-/m0/s1. The van der Waals surface area contributed by atoms with E-state index in [4.69, 9.17) is 9.47 Å². The van der Waals surface area contributed by atoms with Gasteiger partial charge < -0.3 is 14.8 Å².